The molecule has 0 aliphatic rings. The zero-order chi connectivity index (χ0) is 15.0. The van der Waals surface area contributed by atoms with E-state index in [-0.39, 0.29) is 10.5 Å². The summed E-state index contributed by atoms with van der Waals surface area (Å²) in [6.07, 6.45) is 0. The summed E-state index contributed by atoms with van der Waals surface area (Å²) in [7, 11) is 0. The van der Waals surface area contributed by atoms with Crippen LogP contribution < -0.4 is 11.3 Å². The van der Waals surface area contributed by atoms with E-state index >= 15 is 0 Å². The van der Waals surface area contributed by atoms with Crippen molar-refractivity contribution in [1.82, 2.24) is 9.55 Å². The van der Waals surface area contributed by atoms with Crippen LogP contribution in [-0.2, 0) is 6.54 Å². The van der Waals surface area contributed by atoms with Gasteiger partial charge in [-0.2, -0.15) is 0 Å². The first-order chi connectivity index (χ1) is 10.1. The highest BCUT2D eigenvalue weighted by Gasteiger charge is 2.11. The number of pyridine rings is 1. The number of rotatable bonds is 3. The van der Waals surface area contributed by atoms with Crippen LogP contribution in [0.3, 0.4) is 0 Å². The number of aryl methyl sites for hydroxylation is 1. The van der Waals surface area contributed by atoms with Gasteiger partial charge in [0.1, 0.15) is 10.00 Å². The molecule has 2 aromatic heterocycles. The van der Waals surface area contributed by atoms with E-state index in [9.17, 15) is 4.79 Å². The van der Waals surface area contributed by atoms with E-state index in [1.165, 1.54) is 0 Å². The number of nitrogens with two attached hydrogens (primary N) is 1. The van der Waals surface area contributed by atoms with Gasteiger partial charge in [0.2, 0.25) is 0 Å². The van der Waals surface area contributed by atoms with Gasteiger partial charge in [-0.05, 0) is 31.2 Å². The van der Waals surface area contributed by atoms with E-state index in [2.05, 4.69) is 4.98 Å². The first-order valence-corrected chi connectivity index (χ1v) is 7.63. The number of hydrogen-bond acceptors (Lipinski definition) is 4. The van der Waals surface area contributed by atoms with Crippen molar-refractivity contribution in [2.75, 3.05) is 0 Å². The second-order valence-electron chi connectivity index (χ2n) is 4.72. The van der Waals surface area contributed by atoms with Gasteiger partial charge in [0.05, 0.1) is 22.3 Å². The summed E-state index contributed by atoms with van der Waals surface area (Å²) in [5.74, 6) is 0. The fourth-order valence-corrected chi connectivity index (χ4v) is 3.29. The molecule has 3 rings (SSSR count). The molecule has 0 aliphatic carbocycles. The molecule has 0 radical (unpaired) electrons. The number of para-hydroxylation sites is 1. The van der Waals surface area contributed by atoms with Crippen molar-refractivity contribution in [1.29, 1.82) is 0 Å². The number of nitrogens with zero attached hydrogens (tertiary/aromatic N) is 2. The molecule has 1 aromatic carbocycles. The minimum absolute atomic E-state index is 0.123. The van der Waals surface area contributed by atoms with Crippen LogP contribution in [0, 0.1) is 6.92 Å². The first kappa shape index (κ1) is 13.9. The Bertz CT molecular complexity index is 862. The van der Waals surface area contributed by atoms with Crippen molar-refractivity contribution in [2.45, 2.75) is 13.5 Å². The summed E-state index contributed by atoms with van der Waals surface area (Å²) in [5.41, 5.74) is 7.61. The zero-order valence-electron chi connectivity index (χ0n) is 11.4. The standard InChI is InChI=1S/C15H13N3OS2/c1-9-6-7-10(14(16)20)15(19)18(9)8-13-17-11-4-2-3-5-12(11)21-13/h2-7H,8H2,1H3,(H2,16,20). The van der Waals surface area contributed by atoms with Crippen molar-refractivity contribution in [3.63, 3.8) is 0 Å². The highest BCUT2D eigenvalue weighted by molar-refractivity contribution is 7.80. The monoisotopic (exact) mass is 315 g/mol. The van der Waals surface area contributed by atoms with Gasteiger partial charge in [-0.1, -0.05) is 24.4 Å². The number of aromatic nitrogens is 2. The van der Waals surface area contributed by atoms with Crippen LogP contribution >= 0.6 is 23.6 Å². The lowest BCUT2D eigenvalue weighted by atomic mass is 10.2. The van der Waals surface area contributed by atoms with Crippen LogP contribution in [-0.4, -0.2) is 14.5 Å². The van der Waals surface area contributed by atoms with Gasteiger partial charge in [0, 0.05) is 5.69 Å². The normalized spacial score (nSPS) is 10.9. The average molecular weight is 315 g/mol. The molecule has 4 nitrogen and oxygen atoms in total. The van der Waals surface area contributed by atoms with Crippen molar-refractivity contribution in [3.05, 3.63) is 63.0 Å². The smallest absolute Gasteiger partial charge is 0.261 e. The SMILES string of the molecule is Cc1ccc(C(N)=S)c(=O)n1Cc1nc2ccccc2s1. The van der Waals surface area contributed by atoms with Gasteiger partial charge >= 0.3 is 0 Å². The molecule has 0 fully saturated rings. The third-order valence-corrected chi connectivity index (χ3v) is 4.53. The Kier molecular flexibility index (Phi) is 3.57. The van der Waals surface area contributed by atoms with Crippen LogP contribution in [0.15, 0.2) is 41.2 Å². The number of fused-ring (bicyclic) bond motifs is 1. The lowest BCUT2D eigenvalue weighted by Crippen LogP contribution is -2.30. The van der Waals surface area contributed by atoms with Crippen molar-refractivity contribution < 1.29 is 0 Å². The average Bonchev–Trinajstić information content (AvgIpc) is 2.85. The molecule has 106 valence electrons. The molecule has 6 heteroatoms. The lowest BCUT2D eigenvalue weighted by Gasteiger charge is -2.09. The molecular formula is C15H13N3OS2. The minimum Gasteiger partial charge on any atom is -0.389 e. The molecule has 0 amide bonds. The number of benzene rings is 1. The predicted octanol–water partition coefficient (Wildman–Crippen LogP) is 2.45. The molecule has 21 heavy (non-hydrogen) atoms. The minimum atomic E-state index is -0.165. The summed E-state index contributed by atoms with van der Waals surface area (Å²) >= 11 is 6.51. The van der Waals surface area contributed by atoms with Crippen LogP contribution in [0.25, 0.3) is 10.2 Å². The quantitative estimate of drug-likeness (QED) is 0.754. The molecule has 0 atom stereocenters. The second-order valence-corrected chi connectivity index (χ2v) is 6.27. The topological polar surface area (TPSA) is 60.9 Å². The van der Waals surface area contributed by atoms with Crippen LogP contribution in [0.5, 0.6) is 0 Å². The highest BCUT2D eigenvalue weighted by Crippen LogP contribution is 2.22. The van der Waals surface area contributed by atoms with E-state index in [1.54, 1.807) is 22.0 Å². The van der Waals surface area contributed by atoms with Crippen LogP contribution in [0.1, 0.15) is 16.3 Å². The zero-order valence-corrected chi connectivity index (χ0v) is 13.0. The summed E-state index contributed by atoms with van der Waals surface area (Å²) in [5, 5.41) is 0.890. The van der Waals surface area contributed by atoms with Crippen molar-refractivity contribution >= 4 is 38.8 Å². The maximum absolute atomic E-state index is 12.4. The van der Waals surface area contributed by atoms with Gasteiger partial charge in [-0.15, -0.1) is 11.3 Å². The Morgan fingerprint density at radius 2 is 2.10 bits per heavy atom. The largest absolute Gasteiger partial charge is 0.389 e. The molecule has 3 aromatic rings. The van der Waals surface area contributed by atoms with Gasteiger partial charge in [-0.25, -0.2) is 4.98 Å². The third-order valence-electron chi connectivity index (χ3n) is 3.29. The molecule has 2 N–H and O–H groups in total. The molecule has 0 saturated heterocycles. The lowest BCUT2D eigenvalue weighted by molar-refractivity contribution is 0.725. The molecule has 0 aliphatic heterocycles. The fourth-order valence-electron chi connectivity index (χ4n) is 2.18. The first-order valence-electron chi connectivity index (χ1n) is 6.41. The van der Waals surface area contributed by atoms with Gasteiger partial charge in [0.15, 0.2) is 0 Å². The summed E-state index contributed by atoms with van der Waals surface area (Å²) < 4.78 is 2.77. The Morgan fingerprint density at radius 1 is 1.33 bits per heavy atom. The maximum atomic E-state index is 12.4. The fraction of sp³-hybridized carbons (Fsp3) is 0.133. The Labute approximate surface area is 130 Å². The predicted molar refractivity (Wildman–Crippen MR) is 90.0 cm³/mol. The summed E-state index contributed by atoms with van der Waals surface area (Å²) in [4.78, 5) is 17.1. The number of hydrogen-bond donors (Lipinski definition) is 1. The highest BCUT2D eigenvalue weighted by atomic mass is 32.1. The molecule has 0 spiro atoms. The maximum Gasteiger partial charge on any atom is 0.261 e. The number of thiazole rings is 1. The number of thiocarbonyl (C=S) groups is 1. The van der Waals surface area contributed by atoms with Crippen LogP contribution in [0.2, 0.25) is 0 Å². The molecule has 0 bridgehead atoms. The van der Waals surface area contributed by atoms with E-state index < -0.39 is 0 Å². The van der Waals surface area contributed by atoms with E-state index in [0.29, 0.717) is 12.1 Å². The van der Waals surface area contributed by atoms with E-state index in [1.807, 2.05) is 37.3 Å². The molecular weight excluding hydrogens is 302 g/mol. The van der Waals surface area contributed by atoms with E-state index in [4.69, 9.17) is 18.0 Å². The molecule has 2 heterocycles. The summed E-state index contributed by atoms with van der Waals surface area (Å²) in [6, 6.07) is 11.5. The Hall–Kier alpha value is -2.05. The van der Waals surface area contributed by atoms with Gasteiger partial charge < -0.3 is 10.3 Å². The van der Waals surface area contributed by atoms with Crippen LogP contribution in [0.4, 0.5) is 0 Å². The second kappa shape index (κ2) is 5.38. The van der Waals surface area contributed by atoms with Crippen molar-refractivity contribution in [3.8, 4) is 0 Å². The molecule has 0 unspecified atom stereocenters. The van der Waals surface area contributed by atoms with Gasteiger partial charge in [-0.3, -0.25) is 4.79 Å². The third kappa shape index (κ3) is 2.59. The van der Waals surface area contributed by atoms with E-state index in [0.717, 1.165) is 20.9 Å². The summed E-state index contributed by atoms with van der Waals surface area (Å²) in [6.45, 7) is 2.32. The van der Waals surface area contributed by atoms with Crippen molar-refractivity contribution in [2.24, 2.45) is 5.73 Å². The Morgan fingerprint density at radius 3 is 2.81 bits per heavy atom. The Balaban J connectivity index is 2.07. The molecule has 0 saturated carbocycles. The van der Waals surface area contributed by atoms with Gasteiger partial charge in [0.25, 0.3) is 5.56 Å².